The van der Waals surface area contributed by atoms with Crippen LogP contribution < -0.4 is 16.0 Å². The molecule has 0 unspecified atom stereocenters. The first-order valence-corrected chi connectivity index (χ1v) is 8.19. The van der Waals surface area contributed by atoms with Crippen LogP contribution in [0.3, 0.4) is 0 Å². The van der Waals surface area contributed by atoms with E-state index in [-0.39, 0.29) is 42.2 Å². The van der Waals surface area contributed by atoms with Gasteiger partial charge in [-0.25, -0.2) is 4.39 Å². The van der Waals surface area contributed by atoms with E-state index in [0.29, 0.717) is 18.2 Å². The van der Waals surface area contributed by atoms with E-state index in [0.717, 1.165) is 6.42 Å². The van der Waals surface area contributed by atoms with Crippen molar-refractivity contribution < 1.29 is 9.18 Å². The van der Waals surface area contributed by atoms with Crippen LogP contribution in [0.15, 0.2) is 53.5 Å². The number of anilines is 1. The third-order valence-corrected chi connectivity index (χ3v) is 3.71. The first-order valence-electron chi connectivity index (χ1n) is 8.19. The fourth-order valence-electron chi connectivity index (χ4n) is 2.38. The van der Waals surface area contributed by atoms with Gasteiger partial charge in [0, 0.05) is 19.3 Å². The molecular weight excluding hydrogens is 446 g/mol. The number of amides is 1. The number of hydrogen-bond donors (Lipinski definition) is 3. The summed E-state index contributed by atoms with van der Waals surface area (Å²) < 4.78 is 12.9. The number of benzene rings is 2. The molecule has 0 aliphatic carbocycles. The highest BCUT2D eigenvalue weighted by molar-refractivity contribution is 14.0. The van der Waals surface area contributed by atoms with E-state index in [4.69, 9.17) is 0 Å². The molecule has 0 saturated heterocycles. The first-order chi connectivity index (χ1) is 12.1. The van der Waals surface area contributed by atoms with Gasteiger partial charge in [-0.1, -0.05) is 31.2 Å². The van der Waals surface area contributed by atoms with Crippen molar-refractivity contribution in [1.29, 1.82) is 0 Å². The molecule has 0 saturated carbocycles. The molecule has 5 nitrogen and oxygen atoms in total. The van der Waals surface area contributed by atoms with Gasteiger partial charge in [0.1, 0.15) is 5.82 Å². The van der Waals surface area contributed by atoms with Gasteiger partial charge in [-0.3, -0.25) is 9.79 Å². The summed E-state index contributed by atoms with van der Waals surface area (Å²) in [6.07, 6.45) is 0.962. The van der Waals surface area contributed by atoms with Crippen molar-refractivity contribution in [2.75, 3.05) is 18.9 Å². The van der Waals surface area contributed by atoms with E-state index in [1.54, 1.807) is 7.05 Å². The monoisotopic (exact) mass is 470 g/mol. The summed E-state index contributed by atoms with van der Waals surface area (Å²) in [6.45, 7) is 2.81. The van der Waals surface area contributed by atoms with Gasteiger partial charge >= 0.3 is 0 Å². The SMILES string of the molecule is CCc1ccccc1CNC(=NC)NCC(=O)Nc1ccc(F)cc1.I. The molecule has 0 atom stereocenters. The minimum absolute atomic E-state index is 0. The largest absolute Gasteiger partial charge is 0.352 e. The number of aliphatic imine (C=N–C) groups is 1. The summed E-state index contributed by atoms with van der Waals surface area (Å²) in [7, 11) is 1.65. The van der Waals surface area contributed by atoms with Gasteiger partial charge in [-0.15, -0.1) is 24.0 Å². The maximum atomic E-state index is 12.9. The normalized spacial score (nSPS) is 10.7. The Hall–Kier alpha value is -2.16. The molecule has 3 N–H and O–H groups in total. The highest BCUT2D eigenvalue weighted by atomic mass is 127. The Kier molecular flexibility index (Phi) is 9.64. The van der Waals surface area contributed by atoms with Crippen LogP contribution in [0.25, 0.3) is 0 Å². The maximum Gasteiger partial charge on any atom is 0.243 e. The van der Waals surface area contributed by atoms with E-state index in [1.807, 2.05) is 12.1 Å². The molecule has 2 rings (SSSR count). The van der Waals surface area contributed by atoms with Crippen LogP contribution in [0.5, 0.6) is 0 Å². The molecule has 7 heteroatoms. The number of aryl methyl sites for hydroxylation is 1. The van der Waals surface area contributed by atoms with Gasteiger partial charge in [-0.05, 0) is 41.8 Å². The van der Waals surface area contributed by atoms with Crippen LogP contribution in [0.2, 0.25) is 0 Å². The summed E-state index contributed by atoms with van der Waals surface area (Å²) in [4.78, 5) is 16.1. The average Bonchev–Trinajstić information content (AvgIpc) is 2.64. The lowest BCUT2D eigenvalue weighted by molar-refractivity contribution is -0.115. The van der Waals surface area contributed by atoms with E-state index < -0.39 is 0 Å². The second-order valence-electron chi connectivity index (χ2n) is 5.46. The number of hydrogen-bond acceptors (Lipinski definition) is 2. The number of rotatable bonds is 6. The van der Waals surface area contributed by atoms with Crippen LogP contribution in [0.1, 0.15) is 18.1 Å². The van der Waals surface area contributed by atoms with Crippen molar-refractivity contribution in [1.82, 2.24) is 10.6 Å². The Morgan fingerprint density at radius 1 is 1.04 bits per heavy atom. The smallest absolute Gasteiger partial charge is 0.243 e. The predicted molar refractivity (Wildman–Crippen MR) is 114 cm³/mol. The fourth-order valence-corrected chi connectivity index (χ4v) is 2.38. The van der Waals surface area contributed by atoms with Crippen LogP contribution in [-0.2, 0) is 17.8 Å². The number of carbonyl (C=O) groups is 1. The Morgan fingerprint density at radius 3 is 2.31 bits per heavy atom. The van der Waals surface area contributed by atoms with Crippen LogP contribution in [0, 0.1) is 5.82 Å². The van der Waals surface area contributed by atoms with Gasteiger partial charge in [0.25, 0.3) is 0 Å². The highest BCUT2D eigenvalue weighted by Gasteiger charge is 2.06. The van der Waals surface area contributed by atoms with Gasteiger partial charge in [0.05, 0.1) is 6.54 Å². The molecule has 0 radical (unpaired) electrons. The highest BCUT2D eigenvalue weighted by Crippen LogP contribution is 2.09. The maximum absolute atomic E-state index is 12.9. The standard InChI is InChI=1S/C19H23FN4O.HI/c1-3-14-6-4-5-7-15(14)12-22-19(21-2)23-13-18(25)24-17-10-8-16(20)9-11-17;/h4-11H,3,12-13H2,1-2H3,(H,24,25)(H2,21,22,23);1H. The lowest BCUT2D eigenvalue weighted by Crippen LogP contribution is -2.41. The summed E-state index contributed by atoms with van der Waals surface area (Å²) in [5.41, 5.74) is 3.02. The Balaban J connectivity index is 0.00000338. The topological polar surface area (TPSA) is 65.5 Å². The van der Waals surface area contributed by atoms with Gasteiger partial charge < -0.3 is 16.0 Å². The number of carbonyl (C=O) groups excluding carboxylic acids is 1. The number of nitrogens with zero attached hydrogens (tertiary/aromatic N) is 1. The fraction of sp³-hybridized carbons (Fsp3) is 0.263. The van der Waals surface area contributed by atoms with E-state index in [9.17, 15) is 9.18 Å². The third kappa shape index (κ3) is 6.99. The predicted octanol–water partition coefficient (Wildman–Crippen LogP) is 3.31. The molecule has 140 valence electrons. The molecule has 0 heterocycles. The molecule has 0 aliphatic heterocycles. The molecule has 0 aromatic heterocycles. The van der Waals surface area contributed by atoms with E-state index >= 15 is 0 Å². The lowest BCUT2D eigenvalue weighted by atomic mass is 10.1. The lowest BCUT2D eigenvalue weighted by Gasteiger charge is -2.13. The minimum Gasteiger partial charge on any atom is -0.352 e. The molecular formula is C19H24FIN4O. The molecule has 0 aliphatic rings. The molecule has 2 aromatic rings. The van der Waals surface area contributed by atoms with E-state index in [1.165, 1.54) is 35.4 Å². The van der Waals surface area contributed by atoms with Crippen molar-refractivity contribution in [2.24, 2.45) is 4.99 Å². The summed E-state index contributed by atoms with van der Waals surface area (Å²) in [5, 5.41) is 8.85. The van der Waals surface area contributed by atoms with Crippen LogP contribution in [-0.4, -0.2) is 25.5 Å². The Labute approximate surface area is 170 Å². The Morgan fingerprint density at radius 2 is 1.69 bits per heavy atom. The molecule has 2 aromatic carbocycles. The number of halogens is 2. The molecule has 1 amide bonds. The van der Waals surface area contributed by atoms with E-state index in [2.05, 4.69) is 40.0 Å². The third-order valence-electron chi connectivity index (χ3n) is 3.71. The van der Waals surface area contributed by atoms with Crippen molar-refractivity contribution in [3.05, 3.63) is 65.5 Å². The quantitative estimate of drug-likeness (QED) is 0.345. The Bertz CT molecular complexity index is 735. The zero-order valence-electron chi connectivity index (χ0n) is 14.9. The average molecular weight is 470 g/mol. The zero-order chi connectivity index (χ0) is 18.1. The zero-order valence-corrected chi connectivity index (χ0v) is 17.2. The van der Waals surface area contributed by atoms with Crippen molar-refractivity contribution in [2.45, 2.75) is 19.9 Å². The van der Waals surface area contributed by atoms with Gasteiger partial charge in [-0.2, -0.15) is 0 Å². The second kappa shape index (κ2) is 11.5. The second-order valence-corrected chi connectivity index (χ2v) is 5.46. The molecule has 26 heavy (non-hydrogen) atoms. The molecule has 0 spiro atoms. The van der Waals surface area contributed by atoms with Crippen molar-refractivity contribution in [3.63, 3.8) is 0 Å². The van der Waals surface area contributed by atoms with Gasteiger partial charge in [0.15, 0.2) is 5.96 Å². The van der Waals surface area contributed by atoms with Gasteiger partial charge in [0.2, 0.25) is 5.91 Å². The summed E-state index contributed by atoms with van der Waals surface area (Å²) in [6, 6.07) is 13.8. The minimum atomic E-state index is -0.340. The first kappa shape index (κ1) is 21.9. The molecule has 0 fully saturated rings. The number of guanidine groups is 1. The van der Waals surface area contributed by atoms with Crippen molar-refractivity contribution in [3.8, 4) is 0 Å². The van der Waals surface area contributed by atoms with Crippen molar-refractivity contribution >= 4 is 41.5 Å². The molecule has 0 bridgehead atoms. The van der Waals surface area contributed by atoms with Crippen LogP contribution in [0.4, 0.5) is 10.1 Å². The van der Waals surface area contributed by atoms with Crippen LogP contribution >= 0.6 is 24.0 Å². The number of nitrogens with one attached hydrogen (secondary N) is 3. The summed E-state index contributed by atoms with van der Waals surface area (Å²) >= 11 is 0. The summed E-state index contributed by atoms with van der Waals surface area (Å²) in [5.74, 6) is -0.0308.